The molecule has 0 aromatic heterocycles. The summed E-state index contributed by atoms with van der Waals surface area (Å²) in [6.45, 7) is 4.42. The van der Waals surface area contributed by atoms with E-state index in [1.54, 1.807) is 24.1 Å². The Morgan fingerprint density at radius 3 is 2.75 bits per heavy atom. The van der Waals surface area contributed by atoms with Crippen LogP contribution in [0.5, 0.6) is 0 Å². The molecule has 16 heavy (non-hydrogen) atoms. The number of urea groups is 1. The molecule has 0 bridgehead atoms. The molecular formula is C11H16ClN3O. The Morgan fingerprint density at radius 2 is 2.19 bits per heavy atom. The van der Waals surface area contributed by atoms with E-state index >= 15 is 0 Å². The van der Waals surface area contributed by atoms with Crippen molar-refractivity contribution >= 4 is 29.0 Å². The van der Waals surface area contributed by atoms with E-state index in [-0.39, 0.29) is 6.03 Å². The Balaban J connectivity index is 2.90. The van der Waals surface area contributed by atoms with Gasteiger partial charge >= 0.3 is 6.03 Å². The minimum atomic E-state index is -0.161. The summed E-state index contributed by atoms with van der Waals surface area (Å²) >= 11 is 5.89. The lowest BCUT2D eigenvalue weighted by molar-refractivity contribution is 0.224. The molecular weight excluding hydrogens is 226 g/mol. The van der Waals surface area contributed by atoms with Crippen molar-refractivity contribution < 1.29 is 4.79 Å². The molecule has 0 heterocycles. The molecule has 1 aromatic carbocycles. The van der Waals surface area contributed by atoms with E-state index in [0.29, 0.717) is 22.9 Å². The quantitative estimate of drug-likeness (QED) is 0.783. The largest absolute Gasteiger partial charge is 0.398 e. The van der Waals surface area contributed by atoms with Gasteiger partial charge in [0.1, 0.15) is 0 Å². The number of nitrogens with one attached hydrogen (secondary N) is 1. The molecule has 0 unspecified atom stereocenters. The molecule has 2 amide bonds. The third-order valence-corrected chi connectivity index (χ3v) is 2.73. The molecule has 1 aromatic rings. The number of amides is 2. The van der Waals surface area contributed by atoms with Crippen molar-refractivity contribution in [3.63, 3.8) is 0 Å². The van der Waals surface area contributed by atoms with Crippen LogP contribution in [0.25, 0.3) is 0 Å². The molecule has 0 aliphatic heterocycles. The summed E-state index contributed by atoms with van der Waals surface area (Å²) in [6.07, 6.45) is 0. The van der Waals surface area contributed by atoms with Crippen LogP contribution in [0.1, 0.15) is 12.5 Å². The van der Waals surface area contributed by atoms with E-state index in [2.05, 4.69) is 5.32 Å². The van der Waals surface area contributed by atoms with E-state index in [9.17, 15) is 4.79 Å². The highest BCUT2D eigenvalue weighted by Gasteiger charge is 2.09. The van der Waals surface area contributed by atoms with Gasteiger partial charge in [-0.15, -0.1) is 0 Å². The van der Waals surface area contributed by atoms with Gasteiger partial charge in [0.2, 0.25) is 0 Å². The first-order valence-corrected chi connectivity index (χ1v) is 5.41. The molecule has 0 saturated carbocycles. The maximum atomic E-state index is 11.6. The Bertz CT molecular complexity index is 406. The minimum absolute atomic E-state index is 0.161. The van der Waals surface area contributed by atoms with Crippen LogP contribution in [0.2, 0.25) is 5.02 Å². The van der Waals surface area contributed by atoms with Crippen LogP contribution < -0.4 is 11.1 Å². The number of carbonyl (C=O) groups is 1. The van der Waals surface area contributed by atoms with E-state index in [1.807, 2.05) is 13.8 Å². The van der Waals surface area contributed by atoms with E-state index < -0.39 is 0 Å². The summed E-state index contributed by atoms with van der Waals surface area (Å²) in [5.74, 6) is 0. The van der Waals surface area contributed by atoms with Gasteiger partial charge in [-0.3, -0.25) is 0 Å². The van der Waals surface area contributed by atoms with Crippen molar-refractivity contribution in [2.45, 2.75) is 13.8 Å². The van der Waals surface area contributed by atoms with Crippen molar-refractivity contribution in [1.82, 2.24) is 4.90 Å². The molecule has 0 aliphatic carbocycles. The third kappa shape index (κ3) is 2.79. The molecule has 4 nitrogen and oxygen atoms in total. The molecule has 0 atom stereocenters. The predicted molar refractivity (Wildman–Crippen MR) is 67.9 cm³/mol. The van der Waals surface area contributed by atoms with Gasteiger partial charge in [0.25, 0.3) is 0 Å². The second-order valence-electron chi connectivity index (χ2n) is 3.63. The molecule has 0 fully saturated rings. The van der Waals surface area contributed by atoms with Gasteiger partial charge in [0.05, 0.1) is 10.7 Å². The van der Waals surface area contributed by atoms with Gasteiger partial charge < -0.3 is 16.0 Å². The highest BCUT2D eigenvalue weighted by molar-refractivity contribution is 6.33. The Kier molecular flexibility index (Phi) is 4.01. The van der Waals surface area contributed by atoms with Gasteiger partial charge in [0.15, 0.2) is 0 Å². The lowest BCUT2D eigenvalue weighted by Crippen LogP contribution is -2.31. The lowest BCUT2D eigenvalue weighted by Gasteiger charge is -2.17. The molecule has 1 rings (SSSR count). The monoisotopic (exact) mass is 241 g/mol. The van der Waals surface area contributed by atoms with Gasteiger partial charge in [-0.2, -0.15) is 0 Å². The fourth-order valence-electron chi connectivity index (χ4n) is 1.19. The number of halogens is 1. The number of carbonyl (C=O) groups excluding carboxylic acids is 1. The van der Waals surface area contributed by atoms with Crippen LogP contribution in [0.15, 0.2) is 12.1 Å². The number of anilines is 2. The number of aryl methyl sites for hydroxylation is 1. The lowest BCUT2D eigenvalue weighted by atomic mass is 10.2. The predicted octanol–water partition coefficient (Wildman–Crippen LogP) is 2.71. The van der Waals surface area contributed by atoms with Gasteiger partial charge in [-0.05, 0) is 31.5 Å². The Labute approximate surface area is 100 Å². The second kappa shape index (κ2) is 5.07. The summed E-state index contributed by atoms with van der Waals surface area (Å²) < 4.78 is 0. The topological polar surface area (TPSA) is 58.4 Å². The SMILES string of the molecule is CCN(C)C(=O)Nc1cc(Cl)c(N)cc1C. The smallest absolute Gasteiger partial charge is 0.321 e. The summed E-state index contributed by atoms with van der Waals surface area (Å²) in [6, 6.07) is 3.24. The fraction of sp³-hybridized carbons (Fsp3) is 0.364. The van der Waals surface area contributed by atoms with Crippen molar-refractivity contribution in [1.29, 1.82) is 0 Å². The summed E-state index contributed by atoms with van der Waals surface area (Å²) in [4.78, 5) is 13.2. The Morgan fingerprint density at radius 1 is 1.56 bits per heavy atom. The van der Waals surface area contributed by atoms with Crippen molar-refractivity contribution in [2.24, 2.45) is 0 Å². The zero-order valence-corrected chi connectivity index (χ0v) is 10.4. The number of nitrogen functional groups attached to an aromatic ring is 1. The van der Waals surface area contributed by atoms with Crippen molar-refractivity contribution in [3.8, 4) is 0 Å². The molecule has 0 aliphatic rings. The van der Waals surface area contributed by atoms with Crippen LogP contribution in [0, 0.1) is 6.92 Å². The van der Waals surface area contributed by atoms with E-state index in [1.165, 1.54) is 0 Å². The third-order valence-electron chi connectivity index (χ3n) is 2.41. The highest BCUT2D eigenvalue weighted by atomic mass is 35.5. The Hall–Kier alpha value is -1.42. The second-order valence-corrected chi connectivity index (χ2v) is 4.04. The number of hydrogen-bond acceptors (Lipinski definition) is 2. The number of benzene rings is 1. The summed E-state index contributed by atoms with van der Waals surface area (Å²) in [7, 11) is 1.73. The maximum Gasteiger partial charge on any atom is 0.321 e. The van der Waals surface area contributed by atoms with Crippen molar-refractivity contribution in [2.75, 3.05) is 24.6 Å². The minimum Gasteiger partial charge on any atom is -0.398 e. The standard InChI is InChI=1S/C11H16ClN3O/c1-4-15(3)11(16)14-10-6-8(12)9(13)5-7(10)2/h5-6H,4,13H2,1-3H3,(H,14,16). The van der Waals surface area contributed by atoms with E-state index in [0.717, 1.165) is 5.56 Å². The van der Waals surface area contributed by atoms with Crippen LogP contribution in [-0.4, -0.2) is 24.5 Å². The summed E-state index contributed by atoms with van der Waals surface area (Å²) in [5, 5.41) is 3.22. The average molecular weight is 242 g/mol. The molecule has 0 spiro atoms. The molecule has 0 radical (unpaired) electrons. The van der Waals surface area contributed by atoms with Crippen molar-refractivity contribution in [3.05, 3.63) is 22.7 Å². The van der Waals surface area contributed by atoms with Crippen LogP contribution in [-0.2, 0) is 0 Å². The van der Waals surface area contributed by atoms with Crippen LogP contribution in [0.3, 0.4) is 0 Å². The van der Waals surface area contributed by atoms with E-state index in [4.69, 9.17) is 17.3 Å². The van der Waals surface area contributed by atoms with Gasteiger partial charge in [-0.25, -0.2) is 4.79 Å². The first kappa shape index (κ1) is 12.6. The van der Waals surface area contributed by atoms with Gasteiger partial charge in [-0.1, -0.05) is 11.6 Å². The zero-order chi connectivity index (χ0) is 12.3. The normalized spacial score (nSPS) is 10.0. The van der Waals surface area contributed by atoms with Crippen LogP contribution >= 0.6 is 11.6 Å². The van der Waals surface area contributed by atoms with Crippen LogP contribution in [0.4, 0.5) is 16.2 Å². The average Bonchev–Trinajstić information content (AvgIpc) is 2.24. The number of rotatable bonds is 2. The molecule has 88 valence electrons. The summed E-state index contributed by atoms with van der Waals surface area (Å²) in [5.41, 5.74) is 7.74. The fourth-order valence-corrected chi connectivity index (χ4v) is 1.36. The first-order chi connectivity index (χ1) is 7.45. The highest BCUT2D eigenvalue weighted by Crippen LogP contribution is 2.26. The maximum absolute atomic E-state index is 11.6. The number of nitrogens with zero attached hydrogens (tertiary/aromatic N) is 1. The number of nitrogens with two attached hydrogens (primary N) is 1. The zero-order valence-electron chi connectivity index (χ0n) is 9.67. The number of hydrogen-bond donors (Lipinski definition) is 2. The first-order valence-electron chi connectivity index (χ1n) is 5.03. The molecule has 0 saturated heterocycles. The molecule has 5 heteroatoms. The van der Waals surface area contributed by atoms with Gasteiger partial charge in [0, 0.05) is 19.3 Å². The molecule has 3 N–H and O–H groups in total.